The molecule has 2 atom stereocenters. The highest BCUT2D eigenvalue weighted by molar-refractivity contribution is 6.31. The fourth-order valence-corrected chi connectivity index (χ4v) is 4.98. The van der Waals surface area contributed by atoms with Crippen molar-refractivity contribution < 1.29 is 23.1 Å². The normalized spacial score (nSPS) is 19.5. The van der Waals surface area contributed by atoms with E-state index in [4.69, 9.17) is 16.3 Å². The second kappa shape index (κ2) is 10.4. The Hall–Kier alpha value is -3.60. The lowest BCUT2D eigenvalue weighted by molar-refractivity contribution is -0.127. The van der Waals surface area contributed by atoms with Crippen LogP contribution in [0.4, 0.5) is 8.78 Å². The standard InChI is InChI=1S/C25H25ClF2N6O3/c1-37-23-8-16(18(28)11-30-23)19-9-20(33-32-19)25(36)34-5-4-14(6-22(34)13-2-3-13)24(35)31-12-21-17(26)7-15(27)10-29-21/h7-11,13-14,22H,2-6,12H2,1H3,(H,31,35)(H,32,33)/t14-,22?/m0/s1. The minimum Gasteiger partial charge on any atom is -0.481 e. The lowest BCUT2D eigenvalue weighted by Crippen LogP contribution is -2.50. The van der Waals surface area contributed by atoms with Gasteiger partial charge in [-0.25, -0.2) is 13.8 Å². The molecule has 0 aromatic carbocycles. The van der Waals surface area contributed by atoms with Gasteiger partial charge in [-0.05, 0) is 43.7 Å². The van der Waals surface area contributed by atoms with Crippen LogP contribution in [-0.2, 0) is 11.3 Å². The number of hydrogen-bond donors (Lipinski definition) is 2. The molecule has 2 fully saturated rings. The molecule has 1 saturated carbocycles. The molecule has 37 heavy (non-hydrogen) atoms. The summed E-state index contributed by atoms with van der Waals surface area (Å²) in [7, 11) is 1.43. The van der Waals surface area contributed by atoms with E-state index in [2.05, 4.69) is 25.5 Å². The molecule has 12 heteroatoms. The van der Waals surface area contributed by atoms with Crippen molar-refractivity contribution in [2.75, 3.05) is 13.7 Å². The summed E-state index contributed by atoms with van der Waals surface area (Å²) in [6.07, 6.45) is 5.10. The van der Waals surface area contributed by atoms with Crippen LogP contribution in [0.1, 0.15) is 41.9 Å². The molecular formula is C25H25ClF2N6O3. The fourth-order valence-electron chi connectivity index (χ4n) is 4.76. The summed E-state index contributed by atoms with van der Waals surface area (Å²) in [5.74, 6) is -1.23. The lowest BCUT2D eigenvalue weighted by atomic mass is 9.87. The number of nitrogens with zero attached hydrogens (tertiary/aromatic N) is 4. The number of nitrogens with one attached hydrogen (secondary N) is 2. The Labute approximate surface area is 216 Å². The van der Waals surface area contributed by atoms with E-state index in [1.807, 2.05) is 0 Å². The average molecular weight is 531 g/mol. The molecule has 9 nitrogen and oxygen atoms in total. The van der Waals surface area contributed by atoms with Gasteiger partial charge in [-0.15, -0.1) is 0 Å². The van der Waals surface area contributed by atoms with Crippen molar-refractivity contribution in [3.05, 3.63) is 58.6 Å². The van der Waals surface area contributed by atoms with Crippen LogP contribution < -0.4 is 10.1 Å². The van der Waals surface area contributed by atoms with Crippen LogP contribution in [0.3, 0.4) is 0 Å². The van der Waals surface area contributed by atoms with E-state index in [1.165, 1.54) is 19.2 Å². The van der Waals surface area contributed by atoms with Gasteiger partial charge < -0.3 is 15.0 Å². The van der Waals surface area contributed by atoms with Gasteiger partial charge in [-0.3, -0.25) is 19.7 Å². The summed E-state index contributed by atoms with van der Waals surface area (Å²) < 4.78 is 32.6. The number of halogens is 3. The van der Waals surface area contributed by atoms with Crippen LogP contribution in [0, 0.1) is 23.5 Å². The molecule has 1 aliphatic heterocycles. The molecule has 0 spiro atoms. The van der Waals surface area contributed by atoms with E-state index >= 15 is 0 Å². The average Bonchev–Trinajstić information content (AvgIpc) is 3.64. The molecule has 3 aromatic heterocycles. The molecule has 0 bridgehead atoms. The van der Waals surface area contributed by atoms with Crippen molar-refractivity contribution in [2.24, 2.45) is 11.8 Å². The second-order valence-electron chi connectivity index (χ2n) is 9.30. The van der Waals surface area contributed by atoms with Crippen molar-refractivity contribution in [3.8, 4) is 17.1 Å². The van der Waals surface area contributed by atoms with Gasteiger partial charge in [-0.1, -0.05) is 11.6 Å². The molecule has 0 radical (unpaired) electrons. The number of aromatic nitrogens is 4. The van der Waals surface area contributed by atoms with Crippen LogP contribution in [0.15, 0.2) is 30.6 Å². The quantitative estimate of drug-likeness (QED) is 0.481. The third kappa shape index (κ3) is 5.41. The van der Waals surface area contributed by atoms with Crippen molar-refractivity contribution in [1.82, 2.24) is 30.4 Å². The van der Waals surface area contributed by atoms with Crippen LogP contribution in [0.25, 0.3) is 11.3 Å². The van der Waals surface area contributed by atoms with E-state index < -0.39 is 11.6 Å². The molecule has 1 unspecified atom stereocenters. The number of carbonyl (C=O) groups is 2. The van der Waals surface area contributed by atoms with E-state index in [9.17, 15) is 18.4 Å². The SMILES string of the molecule is COc1cc(-c2cc(C(=O)N3CC[C@H](C(=O)NCc4ncc(F)cc4Cl)CC3C3CC3)n[nH]2)c(F)cn1. The molecular weight excluding hydrogens is 506 g/mol. The first-order valence-electron chi connectivity index (χ1n) is 12.0. The zero-order valence-corrected chi connectivity index (χ0v) is 20.8. The van der Waals surface area contributed by atoms with Gasteiger partial charge in [0.15, 0.2) is 11.5 Å². The van der Waals surface area contributed by atoms with Crippen molar-refractivity contribution in [3.63, 3.8) is 0 Å². The van der Waals surface area contributed by atoms with Gasteiger partial charge >= 0.3 is 0 Å². The number of carbonyl (C=O) groups excluding carboxylic acids is 2. The molecule has 3 aromatic rings. The summed E-state index contributed by atoms with van der Waals surface area (Å²) in [5, 5.41) is 9.87. The molecule has 2 amide bonds. The minimum atomic E-state index is -0.566. The number of piperidine rings is 1. The van der Waals surface area contributed by atoms with Gasteiger partial charge in [-0.2, -0.15) is 5.10 Å². The molecule has 2 aliphatic rings. The highest BCUT2D eigenvalue weighted by Crippen LogP contribution is 2.41. The Morgan fingerprint density at radius 3 is 2.73 bits per heavy atom. The smallest absolute Gasteiger partial charge is 0.274 e. The monoisotopic (exact) mass is 530 g/mol. The summed E-state index contributed by atoms with van der Waals surface area (Å²) in [6, 6.07) is 4.01. The summed E-state index contributed by atoms with van der Waals surface area (Å²) in [4.78, 5) is 35.9. The van der Waals surface area contributed by atoms with Crippen molar-refractivity contribution >= 4 is 23.4 Å². The number of methoxy groups -OCH3 is 1. The van der Waals surface area contributed by atoms with Gasteiger partial charge in [0.05, 0.1) is 42.5 Å². The molecule has 2 N–H and O–H groups in total. The maximum atomic E-state index is 14.3. The largest absolute Gasteiger partial charge is 0.481 e. The first-order chi connectivity index (χ1) is 17.8. The molecule has 5 rings (SSSR count). The Morgan fingerprint density at radius 1 is 1.19 bits per heavy atom. The number of ether oxygens (including phenoxy) is 1. The molecule has 1 saturated heterocycles. The number of pyridine rings is 2. The lowest BCUT2D eigenvalue weighted by Gasteiger charge is -2.39. The van der Waals surface area contributed by atoms with Gasteiger partial charge in [0.1, 0.15) is 5.82 Å². The Morgan fingerprint density at radius 2 is 2.00 bits per heavy atom. The van der Waals surface area contributed by atoms with Gasteiger partial charge in [0.2, 0.25) is 11.8 Å². The van der Waals surface area contributed by atoms with E-state index in [0.717, 1.165) is 31.3 Å². The number of rotatable bonds is 7. The second-order valence-corrected chi connectivity index (χ2v) is 9.71. The van der Waals surface area contributed by atoms with Crippen LogP contribution in [-0.4, -0.2) is 56.6 Å². The number of hydrogen-bond acceptors (Lipinski definition) is 6. The first kappa shape index (κ1) is 25.1. The minimum absolute atomic E-state index is 0.0948. The highest BCUT2D eigenvalue weighted by Gasteiger charge is 2.43. The first-order valence-corrected chi connectivity index (χ1v) is 12.4. The zero-order chi connectivity index (χ0) is 26.1. The van der Waals surface area contributed by atoms with Gasteiger partial charge in [0.25, 0.3) is 5.91 Å². The van der Waals surface area contributed by atoms with Crippen LogP contribution in [0.2, 0.25) is 5.02 Å². The molecule has 4 heterocycles. The summed E-state index contributed by atoms with van der Waals surface area (Å²) in [6.45, 7) is 0.491. The number of likely N-dealkylation sites (tertiary alicyclic amines) is 1. The van der Waals surface area contributed by atoms with E-state index in [1.54, 1.807) is 4.90 Å². The topological polar surface area (TPSA) is 113 Å². The van der Waals surface area contributed by atoms with Gasteiger partial charge in [0, 0.05) is 30.1 Å². The highest BCUT2D eigenvalue weighted by atomic mass is 35.5. The van der Waals surface area contributed by atoms with E-state index in [0.29, 0.717) is 36.7 Å². The third-order valence-electron chi connectivity index (χ3n) is 6.88. The molecule has 194 valence electrons. The predicted octanol–water partition coefficient (Wildman–Crippen LogP) is 3.75. The van der Waals surface area contributed by atoms with E-state index in [-0.39, 0.29) is 52.5 Å². The van der Waals surface area contributed by atoms with Crippen molar-refractivity contribution in [1.29, 1.82) is 0 Å². The predicted molar refractivity (Wildman–Crippen MR) is 130 cm³/mol. The third-order valence-corrected chi connectivity index (χ3v) is 7.21. The van der Waals surface area contributed by atoms with Crippen LogP contribution in [0.5, 0.6) is 5.88 Å². The summed E-state index contributed by atoms with van der Waals surface area (Å²) in [5.41, 5.74) is 1.10. The molecule has 1 aliphatic carbocycles. The fraction of sp³-hybridized carbons (Fsp3) is 0.400. The van der Waals surface area contributed by atoms with Crippen molar-refractivity contribution in [2.45, 2.75) is 38.3 Å². The van der Waals surface area contributed by atoms with Crippen LogP contribution >= 0.6 is 11.6 Å². The number of H-pyrrole nitrogens is 1. The summed E-state index contributed by atoms with van der Waals surface area (Å²) >= 11 is 6.01. The Bertz CT molecular complexity index is 1330. The zero-order valence-electron chi connectivity index (χ0n) is 20.0. The number of amides is 2. The Balaban J connectivity index is 1.26. The number of aromatic amines is 1. The Kier molecular flexibility index (Phi) is 7.05. The maximum Gasteiger partial charge on any atom is 0.274 e. The maximum absolute atomic E-state index is 14.3.